The van der Waals surface area contributed by atoms with Gasteiger partial charge in [-0.25, -0.2) is 0 Å². The van der Waals surface area contributed by atoms with Crippen molar-refractivity contribution in [2.75, 3.05) is 45.8 Å². The van der Waals surface area contributed by atoms with Crippen LogP contribution in [-0.2, 0) is 0 Å². The second-order valence-corrected chi connectivity index (χ2v) is 4.06. The zero-order chi connectivity index (χ0) is 11.9. The molecule has 20 heavy (non-hydrogen) atoms. The van der Waals surface area contributed by atoms with E-state index in [9.17, 15) is 0 Å². The molecule has 0 atom stereocenters. The molecule has 0 saturated heterocycles. The van der Waals surface area contributed by atoms with Gasteiger partial charge in [-0.05, 0) is 71.5 Å². The lowest BCUT2D eigenvalue weighted by Gasteiger charge is -2.06. The van der Waals surface area contributed by atoms with E-state index in [1.807, 2.05) is 0 Å². The summed E-state index contributed by atoms with van der Waals surface area (Å²) in [4.78, 5) is 0. The quantitative estimate of drug-likeness (QED) is 0.265. The molecule has 0 radical (unpaired) electrons. The number of hydrogen-bond donors (Lipinski definition) is 4. The number of halogens is 4. The summed E-state index contributed by atoms with van der Waals surface area (Å²) in [6.45, 7) is 9.63. The molecule has 0 amide bonds. The molecule has 0 aliphatic heterocycles. The third-order valence-electron chi connectivity index (χ3n) is 2.47. The molecule has 0 spiro atoms. The zero-order valence-corrected chi connectivity index (χ0v) is 19.3. The summed E-state index contributed by atoms with van der Waals surface area (Å²) in [7, 11) is 0. The Labute approximate surface area is 167 Å². The lowest BCUT2D eigenvalue weighted by Crippen LogP contribution is -2.25. The van der Waals surface area contributed by atoms with Crippen LogP contribution >= 0.6 is 67.9 Å². The van der Waals surface area contributed by atoms with Crippen molar-refractivity contribution in [2.45, 2.75) is 32.6 Å². The second kappa shape index (κ2) is 32.6. The third kappa shape index (κ3) is 31.9. The Morgan fingerprint density at radius 3 is 1.40 bits per heavy atom. The molecular formula is C12H34Br4N4. The number of nitrogens with two attached hydrogens (primary N) is 1. The van der Waals surface area contributed by atoms with E-state index in [4.69, 9.17) is 5.73 Å². The summed E-state index contributed by atoms with van der Waals surface area (Å²) in [5.74, 6) is 0. The van der Waals surface area contributed by atoms with E-state index >= 15 is 0 Å². The summed E-state index contributed by atoms with van der Waals surface area (Å²) in [5.41, 5.74) is 5.42. The Balaban J connectivity index is -0.000000187. The van der Waals surface area contributed by atoms with Gasteiger partial charge in [-0.15, -0.1) is 67.9 Å². The predicted octanol–water partition coefficient (Wildman–Crippen LogP) is 2.61. The fraction of sp³-hybridized carbons (Fsp3) is 1.00. The largest absolute Gasteiger partial charge is 0.330 e. The van der Waals surface area contributed by atoms with Crippen LogP contribution in [0.15, 0.2) is 0 Å². The van der Waals surface area contributed by atoms with Crippen LogP contribution in [0.4, 0.5) is 0 Å². The van der Waals surface area contributed by atoms with E-state index in [2.05, 4.69) is 22.9 Å². The first kappa shape index (κ1) is 33.4. The first-order chi connectivity index (χ1) is 7.91. The first-order valence-corrected chi connectivity index (χ1v) is 6.74. The van der Waals surface area contributed by atoms with Gasteiger partial charge in [-0.1, -0.05) is 6.92 Å². The minimum absolute atomic E-state index is 0. The van der Waals surface area contributed by atoms with Crippen LogP contribution < -0.4 is 21.7 Å². The highest BCUT2D eigenvalue weighted by molar-refractivity contribution is 8.93. The molecule has 130 valence electrons. The Bertz CT molecular complexity index is 120. The molecule has 0 bridgehead atoms. The van der Waals surface area contributed by atoms with Gasteiger partial charge in [0.05, 0.1) is 0 Å². The molecule has 0 heterocycles. The molecule has 8 heteroatoms. The SMILES string of the molecule is Br.Br.Br.Br.CCNCCCNCCCNCCCCN. The molecule has 0 aliphatic rings. The van der Waals surface area contributed by atoms with Crippen molar-refractivity contribution in [1.82, 2.24) is 16.0 Å². The van der Waals surface area contributed by atoms with Crippen molar-refractivity contribution in [3.63, 3.8) is 0 Å². The van der Waals surface area contributed by atoms with Gasteiger partial charge in [-0.2, -0.15) is 0 Å². The summed E-state index contributed by atoms with van der Waals surface area (Å²) in [5, 5.41) is 10.2. The van der Waals surface area contributed by atoms with Crippen LogP contribution in [0.1, 0.15) is 32.6 Å². The Morgan fingerprint density at radius 1 is 0.600 bits per heavy atom. The summed E-state index contributed by atoms with van der Waals surface area (Å²) in [6.07, 6.45) is 4.77. The van der Waals surface area contributed by atoms with Crippen molar-refractivity contribution >= 4 is 67.9 Å². The summed E-state index contributed by atoms with van der Waals surface area (Å²) >= 11 is 0. The van der Waals surface area contributed by atoms with Crippen molar-refractivity contribution in [1.29, 1.82) is 0 Å². The van der Waals surface area contributed by atoms with Gasteiger partial charge in [0.2, 0.25) is 0 Å². The molecule has 5 N–H and O–H groups in total. The van der Waals surface area contributed by atoms with E-state index < -0.39 is 0 Å². The van der Waals surface area contributed by atoms with Crippen molar-refractivity contribution < 1.29 is 0 Å². The maximum absolute atomic E-state index is 5.42. The minimum atomic E-state index is 0. The van der Waals surface area contributed by atoms with Gasteiger partial charge >= 0.3 is 0 Å². The fourth-order valence-electron chi connectivity index (χ4n) is 1.50. The molecule has 0 aromatic rings. The van der Waals surface area contributed by atoms with Crippen LogP contribution in [0.3, 0.4) is 0 Å². The topological polar surface area (TPSA) is 62.1 Å². The van der Waals surface area contributed by atoms with Crippen LogP contribution in [0.25, 0.3) is 0 Å². The van der Waals surface area contributed by atoms with E-state index in [0.717, 1.165) is 52.2 Å². The number of rotatable bonds is 13. The van der Waals surface area contributed by atoms with Gasteiger partial charge in [-0.3, -0.25) is 0 Å². The Morgan fingerprint density at radius 2 is 1.00 bits per heavy atom. The highest BCUT2D eigenvalue weighted by Crippen LogP contribution is 1.83. The highest BCUT2D eigenvalue weighted by Gasteiger charge is 1.90. The molecule has 0 aliphatic carbocycles. The average molecular weight is 554 g/mol. The molecular weight excluding hydrogens is 520 g/mol. The number of hydrogen-bond acceptors (Lipinski definition) is 4. The number of unbranched alkanes of at least 4 members (excludes halogenated alkanes) is 1. The zero-order valence-electron chi connectivity index (χ0n) is 12.5. The van der Waals surface area contributed by atoms with Crippen molar-refractivity contribution in [3.8, 4) is 0 Å². The van der Waals surface area contributed by atoms with Gasteiger partial charge in [0.15, 0.2) is 0 Å². The molecule has 0 fully saturated rings. The highest BCUT2D eigenvalue weighted by atomic mass is 79.9. The monoisotopic (exact) mass is 550 g/mol. The number of nitrogens with one attached hydrogen (secondary N) is 3. The lowest BCUT2D eigenvalue weighted by molar-refractivity contribution is 0.560. The minimum Gasteiger partial charge on any atom is -0.330 e. The maximum atomic E-state index is 5.42. The van der Waals surface area contributed by atoms with Crippen LogP contribution in [0.2, 0.25) is 0 Å². The van der Waals surface area contributed by atoms with Gasteiger partial charge in [0.1, 0.15) is 0 Å². The van der Waals surface area contributed by atoms with Crippen LogP contribution in [-0.4, -0.2) is 45.8 Å². The van der Waals surface area contributed by atoms with Gasteiger partial charge < -0.3 is 21.7 Å². The first-order valence-electron chi connectivity index (χ1n) is 6.74. The maximum Gasteiger partial charge on any atom is -0.00368 e. The summed E-state index contributed by atoms with van der Waals surface area (Å²) in [6, 6.07) is 0. The van der Waals surface area contributed by atoms with E-state index in [1.54, 1.807) is 0 Å². The van der Waals surface area contributed by atoms with E-state index in [0.29, 0.717) is 0 Å². The Hall–Kier alpha value is 1.76. The average Bonchev–Trinajstić information content (AvgIpc) is 2.31. The van der Waals surface area contributed by atoms with Crippen molar-refractivity contribution in [2.24, 2.45) is 5.73 Å². The molecule has 0 rings (SSSR count). The fourth-order valence-corrected chi connectivity index (χ4v) is 1.50. The smallest absolute Gasteiger partial charge is 0.00368 e. The normalized spacial score (nSPS) is 8.70. The molecule has 0 saturated carbocycles. The van der Waals surface area contributed by atoms with Crippen LogP contribution in [0.5, 0.6) is 0 Å². The third-order valence-corrected chi connectivity index (χ3v) is 2.47. The molecule has 0 aromatic heterocycles. The Kier molecular flexibility index (Phi) is 54.5. The van der Waals surface area contributed by atoms with Gasteiger partial charge in [0, 0.05) is 0 Å². The standard InChI is InChI=1S/C12H30N4.4BrH/c1-2-14-9-5-10-16-12-6-11-15-8-4-3-7-13;;;;/h14-16H,2-13H2,1H3;4*1H. The molecule has 0 unspecified atom stereocenters. The van der Waals surface area contributed by atoms with Crippen LogP contribution in [0, 0.1) is 0 Å². The molecule has 4 nitrogen and oxygen atoms in total. The van der Waals surface area contributed by atoms with E-state index in [1.165, 1.54) is 19.3 Å². The second-order valence-electron chi connectivity index (χ2n) is 4.06. The predicted molar refractivity (Wildman–Crippen MR) is 113 cm³/mol. The van der Waals surface area contributed by atoms with E-state index in [-0.39, 0.29) is 67.9 Å². The van der Waals surface area contributed by atoms with Gasteiger partial charge in [0.25, 0.3) is 0 Å². The summed E-state index contributed by atoms with van der Waals surface area (Å²) < 4.78 is 0. The molecule has 0 aromatic carbocycles. The van der Waals surface area contributed by atoms with Crippen molar-refractivity contribution in [3.05, 3.63) is 0 Å². The lowest BCUT2D eigenvalue weighted by atomic mass is 10.3.